The molecular weight excluding hydrogens is 331 g/mol. The fraction of sp³-hybridized carbons (Fsp3) is 0.118. The van der Waals surface area contributed by atoms with Crippen molar-refractivity contribution in [1.82, 2.24) is 5.32 Å². The summed E-state index contributed by atoms with van der Waals surface area (Å²) in [4.78, 5) is 34.9. The number of esters is 1. The topological polar surface area (TPSA) is 105 Å². The summed E-state index contributed by atoms with van der Waals surface area (Å²) in [5, 5.41) is 13.9. The highest BCUT2D eigenvalue weighted by atomic mass is 19.1. The van der Waals surface area contributed by atoms with Crippen LogP contribution >= 0.6 is 0 Å². The third kappa shape index (κ3) is 5.94. The molecule has 0 saturated heterocycles. The zero-order valence-electron chi connectivity index (χ0n) is 13.0. The number of carbonyl (C=O) groups is 3. The first-order valence-electron chi connectivity index (χ1n) is 7.22. The number of aromatic hydroxyl groups is 1. The Bertz CT molecular complexity index is 760. The van der Waals surface area contributed by atoms with Crippen LogP contribution in [-0.2, 0) is 14.3 Å². The van der Waals surface area contributed by atoms with Crippen LogP contribution in [0.25, 0.3) is 0 Å². The summed E-state index contributed by atoms with van der Waals surface area (Å²) in [5.74, 6) is -2.32. The van der Waals surface area contributed by atoms with Gasteiger partial charge >= 0.3 is 5.97 Å². The number of phenols is 1. The van der Waals surface area contributed by atoms with Crippen molar-refractivity contribution in [2.75, 3.05) is 18.5 Å². The van der Waals surface area contributed by atoms with E-state index in [2.05, 4.69) is 10.6 Å². The van der Waals surface area contributed by atoms with Gasteiger partial charge in [-0.3, -0.25) is 9.59 Å². The molecule has 3 N–H and O–H groups in total. The van der Waals surface area contributed by atoms with Crippen LogP contribution in [0.1, 0.15) is 10.4 Å². The van der Waals surface area contributed by atoms with Gasteiger partial charge in [-0.1, -0.05) is 0 Å². The number of hydrogen-bond acceptors (Lipinski definition) is 5. The van der Waals surface area contributed by atoms with Crippen LogP contribution in [0, 0.1) is 5.82 Å². The average molecular weight is 346 g/mol. The van der Waals surface area contributed by atoms with Crippen molar-refractivity contribution in [3.8, 4) is 5.75 Å². The number of nitrogens with one attached hydrogen (secondary N) is 2. The summed E-state index contributed by atoms with van der Waals surface area (Å²) in [6.45, 7) is -0.878. The number of hydrogen-bond donors (Lipinski definition) is 3. The molecule has 0 aliphatic heterocycles. The Morgan fingerprint density at radius 1 is 0.960 bits per heavy atom. The van der Waals surface area contributed by atoms with Gasteiger partial charge in [-0.05, 0) is 48.5 Å². The molecular formula is C17H15FN2O5. The first-order valence-corrected chi connectivity index (χ1v) is 7.22. The summed E-state index contributed by atoms with van der Waals surface area (Å²) in [7, 11) is 0. The van der Waals surface area contributed by atoms with Gasteiger partial charge < -0.3 is 20.5 Å². The molecule has 2 aromatic carbocycles. The lowest BCUT2D eigenvalue weighted by Crippen LogP contribution is -2.35. The standard InChI is InChI=1S/C17H15FN2O5/c18-12-3-5-13(6-4-12)20-15(22)9-19-16(23)10-25-17(24)11-1-7-14(21)8-2-11/h1-8,21H,9-10H2,(H,19,23)(H,20,22). The number of rotatable bonds is 6. The highest BCUT2D eigenvalue weighted by Gasteiger charge is 2.11. The van der Waals surface area contributed by atoms with E-state index in [1.165, 1.54) is 48.5 Å². The molecule has 130 valence electrons. The third-order valence-corrected chi connectivity index (χ3v) is 3.01. The molecule has 0 bridgehead atoms. The molecule has 0 aromatic heterocycles. The van der Waals surface area contributed by atoms with E-state index in [-0.39, 0.29) is 17.9 Å². The van der Waals surface area contributed by atoms with Gasteiger partial charge in [-0.15, -0.1) is 0 Å². The lowest BCUT2D eigenvalue weighted by Gasteiger charge is -2.08. The quantitative estimate of drug-likeness (QED) is 0.687. The minimum absolute atomic E-state index is 0.00135. The third-order valence-electron chi connectivity index (χ3n) is 3.01. The smallest absolute Gasteiger partial charge is 0.338 e. The van der Waals surface area contributed by atoms with Crippen LogP contribution in [0.3, 0.4) is 0 Å². The van der Waals surface area contributed by atoms with Gasteiger partial charge in [0.1, 0.15) is 11.6 Å². The number of carbonyl (C=O) groups excluding carboxylic acids is 3. The Labute approximate surface area is 142 Å². The first kappa shape index (κ1) is 17.9. The van der Waals surface area contributed by atoms with Crippen molar-refractivity contribution in [2.45, 2.75) is 0 Å². The van der Waals surface area contributed by atoms with E-state index in [9.17, 15) is 18.8 Å². The Morgan fingerprint density at radius 2 is 1.60 bits per heavy atom. The molecule has 2 rings (SSSR count). The summed E-state index contributed by atoms with van der Waals surface area (Å²) < 4.78 is 17.5. The fourth-order valence-corrected chi connectivity index (χ4v) is 1.78. The Hall–Kier alpha value is -3.42. The van der Waals surface area contributed by atoms with Gasteiger partial charge in [0.2, 0.25) is 5.91 Å². The zero-order chi connectivity index (χ0) is 18.2. The van der Waals surface area contributed by atoms with Crippen LogP contribution in [0.15, 0.2) is 48.5 Å². The molecule has 0 fully saturated rings. The lowest BCUT2D eigenvalue weighted by molar-refractivity contribution is -0.126. The summed E-state index contributed by atoms with van der Waals surface area (Å²) in [6.07, 6.45) is 0. The molecule has 0 saturated carbocycles. The van der Waals surface area contributed by atoms with Crippen molar-refractivity contribution in [2.24, 2.45) is 0 Å². The fourth-order valence-electron chi connectivity index (χ4n) is 1.78. The van der Waals surface area contributed by atoms with Crippen molar-refractivity contribution in [3.05, 3.63) is 59.9 Å². The predicted octanol–water partition coefficient (Wildman–Crippen LogP) is 1.44. The molecule has 0 radical (unpaired) electrons. The van der Waals surface area contributed by atoms with Gasteiger partial charge in [0.05, 0.1) is 12.1 Å². The highest BCUT2D eigenvalue weighted by Crippen LogP contribution is 2.10. The van der Waals surface area contributed by atoms with Gasteiger partial charge in [-0.25, -0.2) is 9.18 Å². The van der Waals surface area contributed by atoms with Crippen LogP contribution in [0.4, 0.5) is 10.1 Å². The SMILES string of the molecule is O=C(COC(=O)c1ccc(O)cc1)NCC(=O)Nc1ccc(F)cc1. The number of benzene rings is 2. The van der Waals surface area contributed by atoms with Gasteiger partial charge in [0, 0.05) is 5.69 Å². The van der Waals surface area contributed by atoms with Gasteiger partial charge in [-0.2, -0.15) is 0 Å². The van der Waals surface area contributed by atoms with E-state index < -0.39 is 30.2 Å². The van der Waals surface area contributed by atoms with Crippen molar-refractivity contribution in [3.63, 3.8) is 0 Å². The van der Waals surface area contributed by atoms with Crippen LogP contribution in [0.5, 0.6) is 5.75 Å². The van der Waals surface area contributed by atoms with E-state index in [0.29, 0.717) is 5.69 Å². The molecule has 2 amide bonds. The second-order valence-electron chi connectivity index (χ2n) is 4.95. The molecule has 25 heavy (non-hydrogen) atoms. The van der Waals surface area contributed by atoms with E-state index in [1.54, 1.807) is 0 Å². The van der Waals surface area contributed by atoms with E-state index in [1.807, 2.05) is 0 Å². The minimum atomic E-state index is -0.731. The summed E-state index contributed by atoms with van der Waals surface area (Å²) >= 11 is 0. The largest absolute Gasteiger partial charge is 0.508 e. The van der Waals surface area contributed by atoms with E-state index >= 15 is 0 Å². The number of phenolic OH excluding ortho intramolecular Hbond substituents is 1. The minimum Gasteiger partial charge on any atom is -0.508 e. The molecule has 0 unspecified atom stereocenters. The zero-order valence-corrected chi connectivity index (χ0v) is 13.0. The molecule has 8 heteroatoms. The van der Waals surface area contributed by atoms with E-state index in [4.69, 9.17) is 9.84 Å². The summed E-state index contributed by atoms with van der Waals surface area (Å²) in [6, 6.07) is 10.5. The molecule has 2 aromatic rings. The number of ether oxygens (including phenoxy) is 1. The Kier molecular flexibility index (Phi) is 6.05. The molecule has 0 heterocycles. The number of amides is 2. The number of anilines is 1. The maximum atomic E-state index is 12.7. The second-order valence-corrected chi connectivity index (χ2v) is 4.95. The highest BCUT2D eigenvalue weighted by molar-refractivity contribution is 5.95. The maximum absolute atomic E-state index is 12.7. The van der Waals surface area contributed by atoms with Gasteiger partial charge in [0.25, 0.3) is 5.91 Å². The Morgan fingerprint density at radius 3 is 2.24 bits per heavy atom. The molecule has 0 aliphatic carbocycles. The monoisotopic (exact) mass is 346 g/mol. The molecule has 7 nitrogen and oxygen atoms in total. The van der Waals surface area contributed by atoms with Crippen molar-refractivity contribution < 1.29 is 28.6 Å². The van der Waals surface area contributed by atoms with E-state index in [0.717, 1.165) is 0 Å². The van der Waals surface area contributed by atoms with Gasteiger partial charge in [0.15, 0.2) is 6.61 Å². The van der Waals surface area contributed by atoms with Crippen LogP contribution in [0.2, 0.25) is 0 Å². The van der Waals surface area contributed by atoms with Crippen LogP contribution < -0.4 is 10.6 Å². The normalized spacial score (nSPS) is 9.96. The maximum Gasteiger partial charge on any atom is 0.338 e. The van der Waals surface area contributed by atoms with Crippen molar-refractivity contribution in [1.29, 1.82) is 0 Å². The second kappa shape index (κ2) is 8.44. The number of halogens is 1. The molecule has 0 spiro atoms. The van der Waals surface area contributed by atoms with Crippen molar-refractivity contribution >= 4 is 23.5 Å². The Balaban J connectivity index is 1.71. The average Bonchev–Trinajstić information content (AvgIpc) is 2.60. The van der Waals surface area contributed by atoms with Crippen LogP contribution in [-0.4, -0.2) is 36.0 Å². The first-order chi connectivity index (χ1) is 11.9. The molecule has 0 aliphatic rings. The molecule has 0 atom stereocenters. The summed E-state index contributed by atoms with van der Waals surface area (Å²) in [5.41, 5.74) is 0.569. The lowest BCUT2D eigenvalue weighted by atomic mass is 10.2. The predicted molar refractivity (Wildman–Crippen MR) is 86.4 cm³/mol.